The number of aryl methyl sites for hydroxylation is 4. The van der Waals surface area contributed by atoms with Crippen molar-refractivity contribution >= 4 is 17.5 Å². The Hall–Kier alpha value is -3.36. The highest BCUT2D eigenvalue weighted by molar-refractivity contribution is 5.77. The molecule has 3 aromatic rings. The molecule has 0 aliphatic rings. The van der Waals surface area contributed by atoms with Crippen LogP contribution in [0.5, 0.6) is 0 Å². The second-order valence-corrected chi connectivity index (χ2v) is 12.4. The standard InChI is InChI=1S/C18H19N.C8H10.C7H14.C5H13N.2C4H10/c1-5-16-9-8-14(3)18(12-16)19-15(4)17-10-6-13(2)7-11-17;1-7-5-3-4-6-8(7)2;1-4-5-6-7(2)3;1-3-4-5-6-2;2*1-3-4-2/h5-12,19H,1,4H2,2-3H3;3-6H,1-2H3;2,4-6H2,1,3H3;6H,3-5H2,1-2H3;2*3-4H2,1-2H3. The van der Waals surface area contributed by atoms with Gasteiger partial charge in [-0.05, 0) is 101 Å². The minimum atomic E-state index is 0.907. The molecule has 0 radical (unpaired) electrons. The van der Waals surface area contributed by atoms with E-state index in [2.05, 4.69) is 173 Å². The molecule has 2 N–H and O–H groups in total. The van der Waals surface area contributed by atoms with Crippen molar-refractivity contribution in [1.82, 2.24) is 5.32 Å². The molecule has 0 aromatic heterocycles. The first kappa shape index (κ1) is 49.0. The van der Waals surface area contributed by atoms with E-state index < -0.39 is 0 Å². The van der Waals surface area contributed by atoms with Crippen LogP contribution >= 0.6 is 0 Å². The van der Waals surface area contributed by atoms with Crippen molar-refractivity contribution in [3.05, 3.63) is 125 Å². The maximum Gasteiger partial charge on any atom is 0.0419 e. The van der Waals surface area contributed by atoms with Gasteiger partial charge in [0, 0.05) is 11.4 Å². The van der Waals surface area contributed by atoms with Crippen molar-refractivity contribution in [1.29, 1.82) is 0 Å². The third-order valence-corrected chi connectivity index (χ3v) is 7.35. The summed E-state index contributed by atoms with van der Waals surface area (Å²) in [6.07, 6.45) is 13.5. The van der Waals surface area contributed by atoms with Gasteiger partial charge in [-0.1, -0.05) is 171 Å². The van der Waals surface area contributed by atoms with E-state index in [1.807, 2.05) is 13.1 Å². The maximum absolute atomic E-state index is 4.11. The van der Waals surface area contributed by atoms with Gasteiger partial charge >= 0.3 is 0 Å². The molecule has 0 saturated heterocycles. The Morgan fingerprint density at radius 3 is 1.48 bits per heavy atom. The molecular formula is C46H76N2. The summed E-state index contributed by atoms with van der Waals surface area (Å²) in [5, 5.41) is 6.45. The van der Waals surface area contributed by atoms with Gasteiger partial charge in [0.2, 0.25) is 0 Å². The number of allylic oxidation sites excluding steroid dienone is 1. The molecule has 3 rings (SSSR count). The molecule has 0 amide bonds. The Bertz CT molecular complexity index is 1150. The van der Waals surface area contributed by atoms with Gasteiger partial charge in [-0.25, -0.2) is 0 Å². The lowest BCUT2D eigenvalue weighted by atomic mass is 10.1. The number of hydrogen-bond acceptors (Lipinski definition) is 2. The van der Waals surface area contributed by atoms with Crippen LogP contribution in [0.25, 0.3) is 11.8 Å². The molecule has 48 heavy (non-hydrogen) atoms. The van der Waals surface area contributed by atoms with Crippen LogP contribution in [-0.2, 0) is 0 Å². The van der Waals surface area contributed by atoms with Gasteiger partial charge in [-0.2, -0.15) is 0 Å². The summed E-state index contributed by atoms with van der Waals surface area (Å²) in [4.78, 5) is 0. The largest absolute Gasteiger partial charge is 0.355 e. The van der Waals surface area contributed by atoms with Crippen LogP contribution in [0.4, 0.5) is 5.69 Å². The van der Waals surface area contributed by atoms with Gasteiger partial charge in [0.05, 0.1) is 0 Å². The van der Waals surface area contributed by atoms with Gasteiger partial charge in [0.25, 0.3) is 0 Å². The number of benzene rings is 3. The van der Waals surface area contributed by atoms with E-state index in [1.165, 1.54) is 85.6 Å². The summed E-state index contributed by atoms with van der Waals surface area (Å²) in [5.41, 5.74) is 10.7. The number of nitrogens with one attached hydrogen (secondary N) is 2. The van der Waals surface area contributed by atoms with E-state index >= 15 is 0 Å². The zero-order valence-electron chi connectivity index (χ0n) is 33.6. The van der Waals surface area contributed by atoms with Gasteiger partial charge < -0.3 is 10.6 Å². The van der Waals surface area contributed by atoms with Crippen molar-refractivity contribution in [3.8, 4) is 0 Å². The van der Waals surface area contributed by atoms with Crippen molar-refractivity contribution in [2.75, 3.05) is 18.9 Å². The molecule has 0 spiro atoms. The van der Waals surface area contributed by atoms with Crippen LogP contribution in [0.15, 0.2) is 92.0 Å². The molecule has 0 atom stereocenters. The SMILES string of the molecule is C=C(C)CCCC.C=Cc1ccc(C)c(NC(=C)c2ccc(C)cc2)c1.CCCC.CCCC.CCCCNC.Cc1ccccc1C. The number of rotatable bonds is 12. The Morgan fingerprint density at radius 1 is 0.646 bits per heavy atom. The lowest BCUT2D eigenvalue weighted by molar-refractivity contribution is 0.711. The van der Waals surface area contributed by atoms with E-state index in [-0.39, 0.29) is 0 Å². The van der Waals surface area contributed by atoms with Crippen LogP contribution in [0.2, 0.25) is 0 Å². The average Bonchev–Trinajstić information content (AvgIpc) is 3.10. The zero-order valence-corrected chi connectivity index (χ0v) is 33.6. The normalized spacial score (nSPS) is 9.17. The van der Waals surface area contributed by atoms with Crippen LogP contribution in [0, 0.1) is 27.7 Å². The first-order valence-electron chi connectivity index (χ1n) is 18.5. The van der Waals surface area contributed by atoms with E-state index in [1.54, 1.807) is 0 Å². The van der Waals surface area contributed by atoms with Gasteiger partial charge in [0.1, 0.15) is 0 Å². The average molecular weight is 657 g/mol. The first-order chi connectivity index (χ1) is 22.9. The zero-order chi connectivity index (χ0) is 37.2. The van der Waals surface area contributed by atoms with Crippen molar-refractivity contribution in [3.63, 3.8) is 0 Å². The second kappa shape index (κ2) is 35.0. The fourth-order valence-electron chi connectivity index (χ4n) is 3.39. The summed E-state index contributed by atoms with van der Waals surface area (Å²) >= 11 is 0. The third-order valence-electron chi connectivity index (χ3n) is 7.35. The fraction of sp³-hybridized carbons (Fsp3) is 0.478. The summed E-state index contributed by atoms with van der Waals surface area (Å²) < 4.78 is 0. The van der Waals surface area contributed by atoms with Gasteiger partial charge in [-0.3, -0.25) is 0 Å². The summed E-state index contributed by atoms with van der Waals surface area (Å²) in [6.45, 7) is 36.5. The summed E-state index contributed by atoms with van der Waals surface area (Å²) in [7, 11) is 1.98. The van der Waals surface area contributed by atoms with Crippen LogP contribution in [0.1, 0.15) is 140 Å². The highest BCUT2D eigenvalue weighted by atomic mass is 14.9. The Labute approximate surface area is 300 Å². The topological polar surface area (TPSA) is 24.1 Å². The predicted molar refractivity (Wildman–Crippen MR) is 225 cm³/mol. The Morgan fingerprint density at radius 2 is 1.15 bits per heavy atom. The fourth-order valence-corrected chi connectivity index (χ4v) is 3.39. The molecule has 0 heterocycles. The number of hydrogen-bond donors (Lipinski definition) is 2. The summed E-state index contributed by atoms with van der Waals surface area (Å²) in [5.74, 6) is 0. The molecule has 0 fully saturated rings. The van der Waals surface area contributed by atoms with Crippen molar-refractivity contribution in [2.45, 2.75) is 134 Å². The van der Waals surface area contributed by atoms with Gasteiger partial charge in [0.15, 0.2) is 0 Å². The molecule has 0 saturated carbocycles. The van der Waals surface area contributed by atoms with Crippen molar-refractivity contribution < 1.29 is 0 Å². The highest BCUT2D eigenvalue weighted by Gasteiger charge is 2.03. The molecular weight excluding hydrogens is 581 g/mol. The lowest BCUT2D eigenvalue weighted by Crippen LogP contribution is -2.06. The van der Waals surface area contributed by atoms with E-state index in [0.717, 1.165) is 29.1 Å². The molecule has 0 unspecified atom stereocenters. The minimum Gasteiger partial charge on any atom is -0.355 e. The number of anilines is 1. The minimum absolute atomic E-state index is 0.907. The molecule has 2 nitrogen and oxygen atoms in total. The lowest BCUT2D eigenvalue weighted by Gasteiger charge is -2.13. The van der Waals surface area contributed by atoms with Crippen molar-refractivity contribution in [2.24, 2.45) is 0 Å². The monoisotopic (exact) mass is 657 g/mol. The molecule has 0 aliphatic carbocycles. The third kappa shape index (κ3) is 30.0. The maximum atomic E-state index is 4.11. The molecule has 0 aliphatic heterocycles. The smallest absolute Gasteiger partial charge is 0.0419 e. The Kier molecular flexibility index (Phi) is 35.7. The van der Waals surface area contributed by atoms with Crippen LogP contribution in [0.3, 0.4) is 0 Å². The number of unbranched alkanes of at least 4 members (excludes halogenated alkanes) is 4. The first-order valence-corrected chi connectivity index (χ1v) is 18.5. The second-order valence-electron chi connectivity index (χ2n) is 12.4. The van der Waals surface area contributed by atoms with Gasteiger partial charge in [-0.15, -0.1) is 6.58 Å². The van der Waals surface area contributed by atoms with Crippen LogP contribution in [-0.4, -0.2) is 13.6 Å². The highest BCUT2D eigenvalue weighted by Crippen LogP contribution is 2.22. The molecule has 3 aromatic carbocycles. The molecule has 2 heteroatoms. The van der Waals surface area contributed by atoms with E-state index in [9.17, 15) is 0 Å². The van der Waals surface area contributed by atoms with E-state index in [0.29, 0.717) is 0 Å². The molecule has 0 bridgehead atoms. The van der Waals surface area contributed by atoms with E-state index in [4.69, 9.17) is 0 Å². The predicted octanol–water partition coefficient (Wildman–Crippen LogP) is 14.7. The summed E-state index contributed by atoms with van der Waals surface area (Å²) in [6, 6.07) is 22.9. The van der Waals surface area contributed by atoms with Crippen LogP contribution < -0.4 is 10.6 Å². The Balaban J connectivity index is -0.000000581. The molecule has 270 valence electrons. The quantitative estimate of drug-likeness (QED) is 0.150.